The number of hydrogen-bond donors (Lipinski definition) is 1. The Hall–Kier alpha value is -2.43. The predicted octanol–water partition coefficient (Wildman–Crippen LogP) is 1.72. The van der Waals surface area contributed by atoms with Gasteiger partial charge in [0, 0.05) is 44.6 Å². The molecule has 0 radical (unpaired) electrons. The van der Waals surface area contributed by atoms with Crippen LogP contribution < -0.4 is 4.90 Å². The van der Waals surface area contributed by atoms with Crippen LogP contribution in [0.3, 0.4) is 0 Å². The summed E-state index contributed by atoms with van der Waals surface area (Å²) >= 11 is 0. The molecular formula is C18H23F3N4O4. The van der Waals surface area contributed by atoms with Crippen molar-refractivity contribution >= 4 is 17.8 Å². The zero-order valence-electron chi connectivity index (χ0n) is 15.7. The molecular weight excluding hydrogens is 393 g/mol. The number of anilines is 1. The fourth-order valence-electron chi connectivity index (χ4n) is 4.13. The standard InChI is InChI=1S/C16H22N4O2.C2HF3O2/c21-15(12-4-10-22-11-5-12)19-8-2-14-13(19)3-9-20(14)16-17-6-1-7-18-16;3-2(4,5)1(6)7/h1,6-7,12-14H,2-5,8-11H2;(H,6,7)/t13-,14+;/m1./s1. The van der Waals surface area contributed by atoms with Crippen LogP contribution in [0.15, 0.2) is 18.5 Å². The molecule has 8 nitrogen and oxygen atoms in total. The zero-order valence-corrected chi connectivity index (χ0v) is 15.7. The van der Waals surface area contributed by atoms with E-state index in [9.17, 15) is 18.0 Å². The Balaban J connectivity index is 0.000000298. The second-order valence-corrected chi connectivity index (χ2v) is 7.18. The van der Waals surface area contributed by atoms with Crippen molar-refractivity contribution in [2.45, 2.75) is 43.9 Å². The maximum absolute atomic E-state index is 12.8. The summed E-state index contributed by atoms with van der Waals surface area (Å²) in [4.78, 5) is 34.9. The van der Waals surface area contributed by atoms with Crippen LogP contribution in [0.25, 0.3) is 0 Å². The van der Waals surface area contributed by atoms with E-state index < -0.39 is 12.1 Å². The molecule has 29 heavy (non-hydrogen) atoms. The van der Waals surface area contributed by atoms with Gasteiger partial charge in [0.2, 0.25) is 11.9 Å². The topological polar surface area (TPSA) is 95.9 Å². The maximum Gasteiger partial charge on any atom is 0.490 e. The molecule has 3 aliphatic heterocycles. The van der Waals surface area contributed by atoms with E-state index in [0.717, 1.165) is 57.9 Å². The van der Waals surface area contributed by atoms with E-state index in [4.69, 9.17) is 14.6 Å². The van der Waals surface area contributed by atoms with Crippen LogP contribution in [-0.4, -0.2) is 76.4 Å². The van der Waals surface area contributed by atoms with Crippen molar-refractivity contribution in [1.82, 2.24) is 14.9 Å². The van der Waals surface area contributed by atoms with E-state index in [1.54, 1.807) is 12.4 Å². The number of hydrogen-bond acceptors (Lipinski definition) is 6. The zero-order chi connectivity index (χ0) is 21.0. The molecule has 3 aliphatic rings. The SMILES string of the molecule is O=C(C1CCOCC1)N1CC[C@H]2[C@H]1CCN2c1ncccn1.O=C(O)C(F)(F)F. The van der Waals surface area contributed by atoms with Crippen LogP contribution in [0, 0.1) is 5.92 Å². The highest BCUT2D eigenvalue weighted by Gasteiger charge is 2.46. The molecule has 0 aromatic carbocycles. The Morgan fingerprint density at radius 3 is 2.21 bits per heavy atom. The number of rotatable bonds is 2. The number of aliphatic carboxylic acids is 1. The first-order chi connectivity index (χ1) is 13.8. The smallest absolute Gasteiger partial charge is 0.475 e. The first-order valence-corrected chi connectivity index (χ1v) is 9.51. The number of nitrogens with zero attached hydrogens (tertiary/aromatic N) is 4. The third-order valence-corrected chi connectivity index (χ3v) is 5.48. The second-order valence-electron chi connectivity index (χ2n) is 7.18. The van der Waals surface area contributed by atoms with E-state index >= 15 is 0 Å². The molecule has 0 aliphatic carbocycles. The summed E-state index contributed by atoms with van der Waals surface area (Å²) in [5, 5.41) is 7.12. The number of aromatic nitrogens is 2. The van der Waals surface area contributed by atoms with Gasteiger partial charge in [-0.25, -0.2) is 14.8 Å². The minimum Gasteiger partial charge on any atom is -0.475 e. The summed E-state index contributed by atoms with van der Waals surface area (Å²) in [5.41, 5.74) is 0. The Kier molecular flexibility index (Phi) is 6.56. The fraction of sp³-hybridized carbons (Fsp3) is 0.667. The Morgan fingerprint density at radius 2 is 1.62 bits per heavy atom. The van der Waals surface area contributed by atoms with Crippen LogP contribution in [0.5, 0.6) is 0 Å². The van der Waals surface area contributed by atoms with Crippen molar-refractivity contribution in [2.75, 3.05) is 31.2 Å². The molecule has 160 valence electrons. The molecule has 1 aromatic rings. The number of alkyl halides is 3. The van der Waals surface area contributed by atoms with Gasteiger partial charge in [-0.15, -0.1) is 0 Å². The Morgan fingerprint density at radius 1 is 1.03 bits per heavy atom. The average Bonchev–Trinajstić information content (AvgIpc) is 3.31. The summed E-state index contributed by atoms with van der Waals surface area (Å²) in [7, 11) is 0. The summed E-state index contributed by atoms with van der Waals surface area (Å²) in [5.74, 6) is -1.45. The van der Waals surface area contributed by atoms with Crippen molar-refractivity contribution < 1.29 is 32.6 Å². The van der Waals surface area contributed by atoms with Crippen molar-refractivity contribution in [3.63, 3.8) is 0 Å². The van der Waals surface area contributed by atoms with Gasteiger partial charge in [-0.3, -0.25) is 4.79 Å². The summed E-state index contributed by atoms with van der Waals surface area (Å²) in [6.45, 7) is 3.26. The summed E-state index contributed by atoms with van der Waals surface area (Å²) in [6, 6.07) is 2.55. The quantitative estimate of drug-likeness (QED) is 0.784. The number of carbonyl (C=O) groups is 2. The lowest BCUT2D eigenvalue weighted by Crippen LogP contribution is -2.43. The lowest BCUT2D eigenvalue weighted by Gasteiger charge is -2.30. The third-order valence-electron chi connectivity index (χ3n) is 5.48. The van der Waals surface area contributed by atoms with Crippen molar-refractivity contribution in [2.24, 2.45) is 5.92 Å². The van der Waals surface area contributed by atoms with Crippen LogP contribution in [0.2, 0.25) is 0 Å². The number of likely N-dealkylation sites (tertiary alicyclic amines) is 1. The van der Waals surface area contributed by atoms with Gasteiger partial charge in [0.15, 0.2) is 0 Å². The molecule has 2 atom stereocenters. The number of fused-ring (bicyclic) bond motifs is 1. The van der Waals surface area contributed by atoms with E-state index in [1.807, 2.05) is 6.07 Å². The average molecular weight is 416 g/mol. The molecule has 3 saturated heterocycles. The number of carboxylic acid groups (broad SMARTS) is 1. The number of halogens is 3. The van der Waals surface area contributed by atoms with Crippen molar-refractivity contribution in [3.05, 3.63) is 18.5 Å². The molecule has 0 unspecified atom stereocenters. The van der Waals surface area contributed by atoms with Gasteiger partial charge >= 0.3 is 12.1 Å². The van der Waals surface area contributed by atoms with E-state index in [1.165, 1.54) is 0 Å². The van der Waals surface area contributed by atoms with Crippen LogP contribution in [0.1, 0.15) is 25.7 Å². The van der Waals surface area contributed by atoms with Gasteiger partial charge in [0.25, 0.3) is 0 Å². The lowest BCUT2D eigenvalue weighted by atomic mass is 9.98. The minimum atomic E-state index is -5.08. The first kappa shape index (κ1) is 21.3. The predicted molar refractivity (Wildman–Crippen MR) is 95.1 cm³/mol. The number of amides is 1. The largest absolute Gasteiger partial charge is 0.490 e. The lowest BCUT2D eigenvalue weighted by molar-refractivity contribution is -0.192. The van der Waals surface area contributed by atoms with Crippen LogP contribution in [-0.2, 0) is 14.3 Å². The third kappa shape index (κ3) is 4.95. The van der Waals surface area contributed by atoms with Crippen molar-refractivity contribution in [3.8, 4) is 0 Å². The molecule has 11 heteroatoms. The molecule has 1 aromatic heterocycles. The number of carbonyl (C=O) groups excluding carboxylic acids is 1. The molecule has 4 heterocycles. The van der Waals surface area contributed by atoms with Gasteiger partial charge in [-0.1, -0.05) is 0 Å². The maximum atomic E-state index is 12.8. The molecule has 0 saturated carbocycles. The second kappa shape index (κ2) is 8.93. The highest BCUT2D eigenvalue weighted by atomic mass is 19.4. The normalized spacial score (nSPS) is 24.7. The highest BCUT2D eigenvalue weighted by molar-refractivity contribution is 5.80. The van der Waals surface area contributed by atoms with Gasteiger partial charge in [-0.2, -0.15) is 13.2 Å². The highest BCUT2D eigenvalue weighted by Crippen LogP contribution is 2.35. The Labute approximate surface area is 165 Å². The van der Waals surface area contributed by atoms with E-state index in [0.29, 0.717) is 18.0 Å². The molecule has 0 bridgehead atoms. The monoisotopic (exact) mass is 416 g/mol. The van der Waals surface area contributed by atoms with Gasteiger partial charge < -0.3 is 19.6 Å². The molecule has 0 spiro atoms. The van der Waals surface area contributed by atoms with Gasteiger partial charge in [0.1, 0.15) is 0 Å². The molecule has 4 rings (SSSR count). The van der Waals surface area contributed by atoms with Gasteiger partial charge in [-0.05, 0) is 31.7 Å². The fourth-order valence-corrected chi connectivity index (χ4v) is 4.13. The molecule has 1 amide bonds. The number of carboxylic acids is 1. The van der Waals surface area contributed by atoms with E-state index in [2.05, 4.69) is 19.8 Å². The minimum absolute atomic E-state index is 0.162. The van der Waals surface area contributed by atoms with Crippen LogP contribution >= 0.6 is 0 Å². The summed E-state index contributed by atoms with van der Waals surface area (Å²) < 4.78 is 37.1. The van der Waals surface area contributed by atoms with E-state index in [-0.39, 0.29) is 5.92 Å². The molecule has 3 fully saturated rings. The van der Waals surface area contributed by atoms with Crippen molar-refractivity contribution in [1.29, 1.82) is 0 Å². The first-order valence-electron chi connectivity index (χ1n) is 9.51. The number of ether oxygens (including phenoxy) is 1. The molecule has 1 N–H and O–H groups in total. The summed E-state index contributed by atoms with van der Waals surface area (Å²) in [6.07, 6.45) is 2.29. The Bertz CT molecular complexity index is 713. The van der Waals surface area contributed by atoms with Gasteiger partial charge in [0.05, 0.1) is 12.1 Å². The van der Waals surface area contributed by atoms with Crippen LogP contribution in [0.4, 0.5) is 19.1 Å².